The number of nitrogens with one attached hydrogen (secondary N) is 1. The third kappa shape index (κ3) is 19.5. The molecular formula is C16H24N4OW4. The molecule has 0 aliphatic carbocycles. The van der Waals surface area contributed by atoms with E-state index in [2.05, 4.69) is 32.2 Å². The summed E-state index contributed by atoms with van der Waals surface area (Å²) >= 11 is 0. The predicted octanol–water partition coefficient (Wildman–Crippen LogP) is 3.87. The number of hydrogen-bond acceptors (Lipinski definition) is 2. The first-order chi connectivity index (χ1) is 9.71. The van der Waals surface area contributed by atoms with Crippen molar-refractivity contribution in [2.75, 3.05) is 0 Å². The summed E-state index contributed by atoms with van der Waals surface area (Å²) in [5.41, 5.74) is 14.6. The molecule has 1 aromatic rings. The first kappa shape index (κ1) is 36.8. The molecule has 25 heavy (non-hydrogen) atoms. The summed E-state index contributed by atoms with van der Waals surface area (Å²) in [6, 6.07) is 10.7. The third-order valence-corrected chi connectivity index (χ3v) is 2.75. The van der Waals surface area contributed by atoms with Gasteiger partial charge in [0, 0.05) is 74.7 Å². The van der Waals surface area contributed by atoms with Crippen LogP contribution in [0.4, 0.5) is 0 Å². The zero-order valence-electron chi connectivity index (χ0n) is 15.1. The van der Waals surface area contributed by atoms with Crippen molar-refractivity contribution in [1.82, 2.24) is 5.32 Å². The number of Topliss-reactive ketones (excluding diaryl/α,β-unsaturated/α-hetero) is 1. The maximum absolute atomic E-state index is 12.3. The molecule has 1 rings (SSSR count). The second kappa shape index (κ2) is 19.7. The van der Waals surface area contributed by atoms with Crippen molar-refractivity contribution >= 4 is 5.78 Å². The Bertz CT molecular complexity index is 473. The van der Waals surface area contributed by atoms with Gasteiger partial charge in [0.15, 0.2) is 5.78 Å². The Balaban J connectivity index is -0.000000177. The van der Waals surface area contributed by atoms with Gasteiger partial charge in [-0.1, -0.05) is 13.8 Å². The zero-order chi connectivity index (χ0) is 16.5. The Labute approximate surface area is 208 Å². The maximum atomic E-state index is 12.3. The first-order valence-electron chi connectivity index (χ1n) is 6.96. The monoisotopic (exact) mass is 1020 g/mol. The van der Waals surface area contributed by atoms with Crippen LogP contribution in [0.15, 0.2) is 24.3 Å². The molecule has 0 spiro atoms. The van der Waals surface area contributed by atoms with E-state index in [1.165, 1.54) is 10.5 Å². The van der Waals surface area contributed by atoms with Gasteiger partial charge in [-0.15, -0.1) is 0 Å². The Kier molecular flexibility index (Phi) is 28.9. The summed E-state index contributed by atoms with van der Waals surface area (Å²) in [7, 11) is 0. The van der Waals surface area contributed by atoms with Crippen LogP contribution in [0.5, 0.6) is 0 Å². The van der Waals surface area contributed by atoms with Crippen LogP contribution >= 0.6 is 0 Å². The molecule has 0 heterocycles. The average Bonchev–Trinajstić information content (AvgIpc) is 2.37. The SMILES string of the molecule is CC(C)C(=O)[C@H](Cc1cc[c-]cc1)NC(C)(C)C.[N-]=[N+]=[N-].[W+2].[W].[W].[W]. The molecule has 0 aliphatic heterocycles. The first-order valence-corrected chi connectivity index (χ1v) is 6.96. The van der Waals surface area contributed by atoms with Gasteiger partial charge < -0.3 is 16.4 Å². The average molecular weight is 1020 g/mol. The number of carbonyl (C=O) groups is 1. The van der Waals surface area contributed by atoms with E-state index in [0.717, 1.165) is 6.42 Å². The maximum Gasteiger partial charge on any atom is 2.00 e. The van der Waals surface area contributed by atoms with E-state index >= 15 is 0 Å². The fraction of sp³-hybridized carbons (Fsp3) is 0.562. The van der Waals surface area contributed by atoms with Gasteiger partial charge in [-0.2, -0.15) is 35.9 Å². The molecule has 1 aromatic carbocycles. The summed E-state index contributed by atoms with van der Waals surface area (Å²) in [6.07, 6.45) is 0.739. The van der Waals surface area contributed by atoms with Gasteiger partial charge in [0.1, 0.15) is 0 Å². The predicted molar refractivity (Wildman–Crippen MR) is 85.6 cm³/mol. The minimum absolute atomic E-state index is 0. The Hall–Kier alpha value is 0.913. The minimum atomic E-state index is -0.118. The van der Waals surface area contributed by atoms with Gasteiger partial charge in [-0.25, -0.2) is 0 Å². The minimum Gasteiger partial charge on any atom is -0.373 e. The van der Waals surface area contributed by atoms with Gasteiger partial charge in [0.25, 0.3) is 0 Å². The van der Waals surface area contributed by atoms with E-state index in [4.69, 9.17) is 11.1 Å². The largest absolute Gasteiger partial charge is 2.00 e. The molecule has 5 nitrogen and oxygen atoms in total. The number of carbonyl (C=O) groups excluding carboxylic acids is 1. The summed E-state index contributed by atoms with van der Waals surface area (Å²) in [6.45, 7) is 10.2. The van der Waals surface area contributed by atoms with Gasteiger partial charge in [0.05, 0.1) is 6.04 Å². The van der Waals surface area contributed by atoms with E-state index in [1.54, 1.807) is 0 Å². The molecule has 0 bridgehead atoms. The van der Waals surface area contributed by atoms with Crippen LogP contribution in [-0.4, -0.2) is 17.4 Å². The van der Waals surface area contributed by atoms with Crippen LogP contribution in [-0.2, 0) is 95.5 Å². The van der Waals surface area contributed by atoms with Crippen LogP contribution in [0, 0.1) is 12.0 Å². The van der Waals surface area contributed by atoms with Crippen molar-refractivity contribution in [2.24, 2.45) is 5.92 Å². The molecule has 0 amide bonds. The topological polar surface area (TPSA) is 87.8 Å². The molecule has 138 valence electrons. The number of ketones is 1. The molecule has 1 atom stereocenters. The Morgan fingerprint density at radius 3 is 1.88 bits per heavy atom. The van der Waals surface area contributed by atoms with Crippen molar-refractivity contribution in [2.45, 2.75) is 52.6 Å². The third-order valence-electron chi connectivity index (χ3n) is 2.75. The fourth-order valence-electron chi connectivity index (χ4n) is 1.94. The molecule has 0 aliphatic rings. The van der Waals surface area contributed by atoms with E-state index in [-0.39, 0.29) is 108 Å². The molecule has 0 radical (unpaired) electrons. The van der Waals surface area contributed by atoms with Gasteiger partial charge in [0.2, 0.25) is 0 Å². The van der Waals surface area contributed by atoms with Crippen LogP contribution in [0.2, 0.25) is 0 Å². The summed E-state index contributed by atoms with van der Waals surface area (Å²) in [5.74, 6) is 0.331. The molecule has 0 saturated carbocycles. The normalized spacial score (nSPS) is 10.2. The van der Waals surface area contributed by atoms with E-state index in [1.807, 2.05) is 38.1 Å². The summed E-state index contributed by atoms with van der Waals surface area (Å²) < 4.78 is 0. The standard InChI is InChI=1S/C16H24NO.N3.4W/c1-12(2)15(18)14(17-16(3,4)5)11-13-9-7-6-8-10-13;1-3-2;;;;/h7-10,12,14,17H,11H2,1-5H3;;;;;/q2*-1;;;;+2/t14-;;;;;/m0...../s1. The van der Waals surface area contributed by atoms with Crippen LogP contribution in [0.3, 0.4) is 0 Å². The van der Waals surface area contributed by atoms with E-state index in [0.29, 0.717) is 0 Å². The number of rotatable bonds is 5. The summed E-state index contributed by atoms with van der Waals surface area (Å²) in [5, 5.41) is 3.43. The smallest absolute Gasteiger partial charge is 0.373 e. The Morgan fingerprint density at radius 1 is 1.16 bits per heavy atom. The fourth-order valence-corrected chi connectivity index (χ4v) is 1.94. The van der Waals surface area contributed by atoms with Crippen molar-refractivity contribution < 1.29 is 89.1 Å². The van der Waals surface area contributed by atoms with Crippen LogP contribution < -0.4 is 5.32 Å². The van der Waals surface area contributed by atoms with Crippen LogP contribution in [0.1, 0.15) is 40.2 Å². The summed E-state index contributed by atoms with van der Waals surface area (Å²) in [4.78, 5) is 13.8. The number of nitrogens with zero attached hydrogens (tertiary/aromatic N) is 3. The molecule has 0 saturated heterocycles. The second-order valence-electron chi connectivity index (χ2n) is 6.21. The number of benzene rings is 1. The van der Waals surface area contributed by atoms with E-state index in [9.17, 15) is 4.79 Å². The number of hydrogen-bond donors (Lipinski definition) is 1. The van der Waals surface area contributed by atoms with Crippen molar-refractivity contribution in [1.29, 1.82) is 0 Å². The molecule has 0 fully saturated rings. The molecule has 0 unspecified atom stereocenters. The molecular weight excluding hydrogens is 1000 g/mol. The van der Waals surface area contributed by atoms with Gasteiger partial charge >= 0.3 is 21.1 Å². The van der Waals surface area contributed by atoms with Crippen molar-refractivity contribution in [3.8, 4) is 0 Å². The zero-order valence-corrected chi connectivity index (χ0v) is 26.8. The second-order valence-corrected chi connectivity index (χ2v) is 6.21. The quantitative estimate of drug-likeness (QED) is 0.211. The van der Waals surface area contributed by atoms with Crippen LogP contribution in [0.25, 0.3) is 16.0 Å². The molecule has 1 N–H and O–H groups in total. The van der Waals surface area contributed by atoms with Gasteiger partial charge in [-0.3, -0.25) is 9.71 Å². The molecule has 0 aromatic heterocycles. The van der Waals surface area contributed by atoms with Crippen molar-refractivity contribution in [3.05, 3.63) is 51.9 Å². The van der Waals surface area contributed by atoms with Crippen molar-refractivity contribution in [3.63, 3.8) is 0 Å². The van der Waals surface area contributed by atoms with E-state index < -0.39 is 0 Å². The molecule has 9 heteroatoms. The Morgan fingerprint density at radius 2 is 1.56 bits per heavy atom. The van der Waals surface area contributed by atoms with Gasteiger partial charge in [-0.05, 0) is 27.2 Å².